The number of nitrogens with one attached hydrogen (secondary N) is 1. The van der Waals surface area contributed by atoms with Gasteiger partial charge in [0.25, 0.3) is 0 Å². The predicted octanol–water partition coefficient (Wildman–Crippen LogP) is 0.891. The van der Waals surface area contributed by atoms with Crippen LogP contribution in [-0.2, 0) is 4.74 Å². The van der Waals surface area contributed by atoms with Crippen LogP contribution in [0.2, 0.25) is 0 Å². The molecule has 4 atom stereocenters. The van der Waals surface area contributed by atoms with Crippen LogP contribution in [0, 0.1) is 5.92 Å². The Labute approximate surface area is 194 Å². The number of nitrogens with zero attached hydrogens (tertiary/aromatic N) is 4. The summed E-state index contributed by atoms with van der Waals surface area (Å²) in [6.45, 7) is 3.15. The van der Waals surface area contributed by atoms with Gasteiger partial charge in [-0.1, -0.05) is 12.2 Å². The zero-order valence-electron chi connectivity index (χ0n) is 18.5. The Morgan fingerprint density at radius 2 is 2.06 bits per heavy atom. The fourth-order valence-electron chi connectivity index (χ4n) is 4.26. The quantitative estimate of drug-likeness (QED) is 0.200. The Morgan fingerprint density at radius 3 is 2.84 bits per heavy atom. The number of fused-ring (bicyclic) bond motifs is 1. The fourth-order valence-corrected chi connectivity index (χ4v) is 4.62. The highest BCUT2D eigenvalue weighted by molar-refractivity contribution is 7.80. The van der Waals surface area contributed by atoms with Crippen LogP contribution in [0.15, 0.2) is 12.7 Å². The number of aliphatic hydroxyl groups is 1. The van der Waals surface area contributed by atoms with Gasteiger partial charge in [0.15, 0.2) is 11.5 Å². The lowest BCUT2D eigenvalue weighted by atomic mass is 9.89. The van der Waals surface area contributed by atoms with E-state index in [1.807, 2.05) is 4.57 Å². The Hall–Kier alpha value is -1.76. The number of ether oxygens (including phenoxy) is 1. The summed E-state index contributed by atoms with van der Waals surface area (Å²) in [5, 5.41) is 14.2. The molecule has 32 heavy (non-hydrogen) atoms. The Kier molecular flexibility index (Phi) is 9.69. The van der Waals surface area contributed by atoms with Crippen LogP contribution < -0.4 is 22.5 Å². The van der Waals surface area contributed by atoms with Gasteiger partial charge in [-0.15, -0.1) is 0 Å². The summed E-state index contributed by atoms with van der Waals surface area (Å²) in [5.74, 6) is 0.665. The highest BCUT2D eigenvalue weighted by atomic mass is 32.1. The summed E-state index contributed by atoms with van der Waals surface area (Å²) in [4.78, 5) is 13.6. The molecule has 1 fully saturated rings. The van der Waals surface area contributed by atoms with E-state index >= 15 is 0 Å². The van der Waals surface area contributed by atoms with Gasteiger partial charge in [0.05, 0.1) is 18.5 Å². The molecule has 8 N–H and O–H groups in total. The number of nitrogens with two attached hydrogens (primary N) is 3. The molecule has 2 aromatic rings. The van der Waals surface area contributed by atoms with Gasteiger partial charge < -0.3 is 32.4 Å². The monoisotopic (exact) mass is 464 g/mol. The normalized spacial score (nSPS) is 21.9. The van der Waals surface area contributed by atoms with Gasteiger partial charge in [-0.3, -0.25) is 4.57 Å². The summed E-state index contributed by atoms with van der Waals surface area (Å²) in [5.41, 5.74) is 18.3. The van der Waals surface area contributed by atoms with Crippen LogP contribution in [0.1, 0.15) is 51.2 Å². The molecular formula is C21H36N8O2S. The summed E-state index contributed by atoms with van der Waals surface area (Å²) >= 11 is 5.54. The molecule has 0 aliphatic carbocycles. The number of nitrogen functional groups attached to an aromatic ring is 1. The van der Waals surface area contributed by atoms with Crippen molar-refractivity contribution in [3.05, 3.63) is 12.7 Å². The van der Waals surface area contributed by atoms with E-state index in [1.54, 1.807) is 6.33 Å². The maximum Gasteiger partial charge on any atom is 0.167 e. The van der Waals surface area contributed by atoms with Crippen LogP contribution in [0.5, 0.6) is 0 Å². The first-order valence-electron chi connectivity index (χ1n) is 11.4. The van der Waals surface area contributed by atoms with Gasteiger partial charge in [0, 0.05) is 6.42 Å². The van der Waals surface area contributed by atoms with Gasteiger partial charge in [-0.25, -0.2) is 15.0 Å². The average molecular weight is 465 g/mol. The second-order valence-electron chi connectivity index (χ2n) is 8.43. The van der Waals surface area contributed by atoms with E-state index in [0.29, 0.717) is 42.4 Å². The molecule has 0 spiro atoms. The van der Waals surface area contributed by atoms with E-state index in [1.165, 1.54) is 6.33 Å². The lowest BCUT2D eigenvalue weighted by Gasteiger charge is -2.23. The molecule has 0 bridgehead atoms. The highest BCUT2D eigenvalue weighted by Crippen LogP contribution is 2.35. The van der Waals surface area contributed by atoms with E-state index in [0.717, 1.165) is 56.5 Å². The molecule has 2 aromatic heterocycles. The summed E-state index contributed by atoms with van der Waals surface area (Å²) < 4.78 is 8.10. The molecule has 3 heterocycles. The molecule has 10 nitrogen and oxygen atoms in total. The lowest BCUT2D eigenvalue weighted by molar-refractivity contribution is -0.0287. The first kappa shape index (κ1) is 24.9. The number of hydrogen-bond acceptors (Lipinski definition) is 10. The third-order valence-electron chi connectivity index (χ3n) is 5.93. The maximum atomic E-state index is 10.7. The molecule has 1 aliphatic heterocycles. The minimum atomic E-state index is -0.565. The Morgan fingerprint density at radius 1 is 1.25 bits per heavy atom. The minimum absolute atomic E-state index is 0.271. The molecule has 0 aromatic carbocycles. The number of imidazole rings is 1. The number of rotatable bonds is 14. The average Bonchev–Trinajstić information content (AvgIpc) is 3.35. The molecule has 1 aliphatic rings. The molecule has 1 saturated heterocycles. The van der Waals surface area contributed by atoms with E-state index < -0.39 is 6.10 Å². The van der Waals surface area contributed by atoms with Crippen LogP contribution in [0.3, 0.4) is 0 Å². The maximum absolute atomic E-state index is 10.7. The number of anilines is 1. The molecule has 11 heteroatoms. The van der Waals surface area contributed by atoms with E-state index in [-0.39, 0.29) is 12.3 Å². The Bertz CT molecular complexity index is 863. The predicted molar refractivity (Wildman–Crippen MR) is 129 cm³/mol. The van der Waals surface area contributed by atoms with Crippen molar-refractivity contribution < 1.29 is 9.84 Å². The lowest BCUT2D eigenvalue weighted by Crippen LogP contribution is -2.26. The van der Waals surface area contributed by atoms with Gasteiger partial charge in [-0.05, 0) is 75.5 Å². The molecule has 3 rings (SSSR count). The van der Waals surface area contributed by atoms with Crippen molar-refractivity contribution in [3.8, 4) is 0 Å². The van der Waals surface area contributed by atoms with Crippen LogP contribution in [-0.4, -0.2) is 67.9 Å². The number of hydrogen-bond donors (Lipinski definition) is 5. The topological polar surface area (TPSA) is 163 Å². The van der Waals surface area contributed by atoms with Gasteiger partial charge in [0.1, 0.15) is 18.1 Å². The standard InChI is InChI=1S/C21H36N8O2S/c22-5-2-8-25-7-1-3-14(9-15(32)4-6-23)10-17-16(30)11-18(31-17)29-13-28-19-20(24)26-12-27-21(19)29/h12-14,16-18,25,30H,1-11,22-23H2,(H2,24,26,27)/t14-,16+,17-,18-/m1/s1. The molecule has 0 radical (unpaired) electrons. The van der Waals surface area contributed by atoms with Gasteiger partial charge in [-0.2, -0.15) is 0 Å². The third kappa shape index (κ3) is 6.63. The van der Waals surface area contributed by atoms with Crippen molar-refractivity contribution in [2.24, 2.45) is 17.4 Å². The van der Waals surface area contributed by atoms with Crippen molar-refractivity contribution in [3.63, 3.8) is 0 Å². The summed E-state index contributed by atoms with van der Waals surface area (Å²) in [6, 6.07) is 0. The first-order valence-corrected chi connectivity index (χ1v) is 11.8. The molecular weight excluding hydrogens is 428 g/mol. The van der Waals surface area contributed by atoms with E-state index in [2.05, 4.69) is 20.3 Å². The zero-order chi connectivity index (χ0) is 22.9. The van der Waals surface area contributed by atoms with Gasteiger partial charge >= 0.3 is 0 Å². The summed E-state index contributed by atoms with van der Waals surface area (Å²) in [6.07, 6.45) is 7.70. The van der Waals surface area contributed by atoms with E-state index in [4.69, 9.17) is 34.2 Å². The van der Waals surface area contributed by atoms with Crippen molar-refractivity contribution in [1.29, 1.82) is 0 Å². The SMILES string of the molecule is NCCCNCCC[C@H](CC(=S)CCN)C[C@H]1O[C@@H](n2cnc3c(N)ncnc32)C[C@@H]1O. The Balaban J connectivity index is 1.60. The van der Waals surface area contributed by atoms with Crippen molar-refractivity contribution in [2.75, 3.05) is 31.9 Å². The van der Waals surface area contributed by atoms with Crippen LogP contribution >= 0.6 is 12.2 Å². The molecule has 0 saturated carbocycles. The van der Waals surface area contributed by atoms with Gasteiger partial charge in [0.2, 0.25) is 0 Å². The molecule has 0 unspecified atom stereocenters. The number of aliphatic hydroxyl groups excluding tert-OH is 1. The largest absolute Gasteiger partial charge is 0.390 e. The van der Waals surface area contributed by atoms with Crippen LogP contribution in [0.25, 0.3) is 11.2 Å². The second kappa shape index (κ2) is 12.5. The van der Waals surface area contributed by atoms with Crippen molar-refractivity contribution >= 4 is 34.1 Å². The minimum Gasteiger partial charge on any atom is -0.390 e. The number of thiocarbonyl (C=S) groups is 1. The fraction of sp³-hybridized carbons (Fsp3) is 0.714. The smallest absolute Gasteiger partial charge is 0.167 e. The zero-order valence-corrected chi connectivity index (χ0v) is 19.3. The van der Waals surface area contributed by atoms with Crippen LogP contribution in [0.4, 0.5) is 5.82 Å². The molecule has 178 valence electrons. The number of aromatic nitrogens is 4. The third-order valence-corrected chi connectivity index (χ3v) is 6.30. The van der Waals surface area contributed by atoms with Crippen molar-refractivity contribution in [2.45, 2.75) is 63.4 Å². The highest BCUT2D eigenvalue weighted by Gasteiger charge is 2.37. The molecule has 0 amide bonds. The second-order valence-corrected chi connectivity index (χ2v) is 9.01. The summed E-state index contributed by atoms with van der Waals surface area (Å²) in [7, 11) is 0. The van der Waals surface area contributed by atoms with E-state index in [9.17, 15) is 5.11 Å². The first-order chi connectivity index (χ1) is 15.5. The van der Waals surface area contributed by atoms with Crippen molar-refractivity contribution in [1.82, 2.24) is 24.8 Å².